The lowest BCUT2D eigenvalue weighted by atomic mass is 9.83. The molecule has 45 heavy (non-hydrogen) atoms. The highest BCUT2D eigenvalue weighted by Gasteiger charge is 2.26. The van der Waals surface area contributed by atoms with Gasteiger partial charge in [0.15, 0.2) is 0 Å². The van der Waals surface area contributed by atoms with E-state index in [0.29, 0.717) is 0 Å². The van der Waals surface area contributed by atoms with Crippen molar-refractivity contribution in [3.05, 3.63) is 158 Å². The lowest BCUT2D eigenvalue weighted by molar-refractivity contribution is 1.43. The molecule has 1 heterocycles. The van der Waals surface area contributed by atoms with Gasteiger partial charge in [0.1, 0.15) is 0 Å². The van der Waals surface area contributed by atoms with E-state index < -0.39 is 0 Å². The number of hydrogen-bond acceptors (Lipinski definition) is 1. The minimum Gasteiger partial charge on any atom is -0.0887 e. The second-order valence-electron chi connectivity index (χ2n) is 12.0. The van der Waals surface area contributed by atoms with Crippen LogP contribution in [0.2, 0.25) is 0 Å². The van der Waals surface area contributed by atoms with Crippen LogP contribution in [0.3, 0.4) is 0 Å². The van der Waals surface area contributed by atoms with Gasteiger partial charge in [-0.2, -0.15) is 0 Å². The Bertz CT molecular complexity index is 2610. The van der Waals surface area contributed by atoms with Crippen LogP contribution in [0.25, 0.3) is 87.2 Å². The van der Waals surface area contributed by atoms with E-state index in [1.54, 1.807) is 0 Å². The van der Waals surface area contributed by atoms with Crippen molar-refractivity contribution in [2.75, 3.05) is 0 Å². The molecule has 0 saturated carbocycles. The SMILES string of the molecule is c1ccc(-c2c3ccccc3c(-c3cc4c(c5ccccc35)-c3cccc5c3c(cc3ccccc35)S4)c3ccccc23)cc1. The molecule has 0 N–H and O–H groups in total. The largest absolute Gasteiger partial charge is 0.0887 e. The zero-order chi connectivity index (χ0) is 29.5. The van der Waals surface area contributed by atoms with E-state index in [-0.39, 0.29) is 0 Å². The second-order valence-corrected chi connectivity index (χ2v) is 13.1. The maximum absolute atomic E-state index is 2.48. The van der Waals surface area contributed by atoms with E-state index in [1.165, 1.54) is 97.0 Å². The minimum absolute atomic E-state index is 1.25. The van der Waals surface area contributed by atoms with Crippen LogP contribution in [0.5, 0.6) is 0 Å². The van der Waals surface area contributed by atoms with Crippen molar-refractivity contribution in [2.24, 2.45) is 0 Å². The van der Waals surface area contributed by atoms with Gasteiger partial charge in [0, 0.05) is 20.7 Å². The molecule has 9 aromatic carbocycles. The average Bonchev–Trinajstić information content (AvgIpc) is 3.10. The fourth-order valence-electron chi connectivity index (χ4n) is 7.78. The number of rotatable bonds is 2. The first-order valence-corrected chi connectivity index (χ1v) is 16.3. The van der Waals surface area contributed by atoms with E-state index >= 15 is 0 Å². The topological polar surface area (TPSA) is 0 Å². The van der Waals surface area contributed by atoms with Crippen molar-refractivity contribution in [1.29, 1.82) is 0 Å². The van der Waals surface area contributed by atoms with Gasteiger partial charge >= 0.3 is 0 Å². The molecule has 0 atom stereocenters. The highest BCUT2D eigenvalue weighted by molar-refractivity contribution is 7.99. The van der Waals surface area contributed by atoms with Crippen molar-refractivity contribution >= 4 is 65.6 Å². The Hall–Kier alpha value is -5.37. The number of hydrogen-bond donors (Lipinski definition) is 0. The Morgan fingerprint density at radius 1 is 0.311 bits per heavy atom. The summed E-state index contributed by atoms with van der Waals surface area (Å²) in [4.78, 5) is 2.65. The number of benzene rings is 9. The maximum atomic E-state index is 2.48. The van der Waals surface area contributed by atoms with Crippen LogP contribution in [0.15, 0.2) is 168 Å². The van der Waals surface area contributed by atoms with Gasteiger partial charge < -0.3 is 0 Å². The van der Waals surface area contributed by atoms with Gasteiger partial charge in [-0.05, 0) is 88.4 Å². The molecule has 1 heteroatoms. The fraction of sp³-hybridized carbons (Fsp3) is 0. The van der Waals surface area contributed by atoms with Gasteiger partial charge in [0.05, 0.1) is 0 Å². The summed E-state index contributed by atoms with van der Waals surface area (Å²) in [5, 5.41) is 13.1. The molecule has 0 nitrogen and oxygen atoms in total. The monoisotopic (exact) mass is 586 g/mol. The summed E-state index contributed by atoms with van der Waals surface area (Å²) in [7, 11) is 0. The molecule has 0 saturated heterocycles. The summed E-state index contributed by atoms with van der Waals surface area (Å²) >= 11 is 1.92. The van der Waals surface area contributed by atoms with Crippen molar-refractivity contribution < 1.29 is 0 Å². The summed E-state index contributed by atoms with van der Waals surface area (Å²) < 4.78 is 0. The Labute approximate surface area is 265 Å². The zero-order valence-corrected chi connectivity index (χ0v) is 25.2. The molecular formula is C44H26S. The molecule has 0 unspecified atom stereocenters. The van der Waals surface area contributed by atoms with Gasteiger partial charge in [-0.3, -0.25) is 0 Å². The normalized spacial score (nSPS) is 12.4. The molecule has 208 valence electrons. The molecule has 1 aliphatic rings. The van der Waals surface area contributed by atoms with E-state index in [2.05, 4.69) is 158 Å². The standard InChI is InChI=1S/C44H26S/c1-2-13-27(14-3-1)41-33-19-8-10-21-35(33)42(36-22-11-9-20-34(36)41)38-26-40-44(32-18-7-6-17-30(32)38)37-24-12-23-31-29-16-5-4-15-28(29)25-39(45-40)43(31)37/h1-26H. The lowest BCUT2D eigenvalue weighted by Gasteiger charge is -2.25. The Morgan fingerprint density at radius 2 is 0.844 bits per heavy atom. The molecule has 0 radical (unpaired) electrons. The third-order valence-electron chi connectivity index (χ3n) is 9.61. The highest BCUT2D eigenvalue weighted by atomic mass is 32.2. The summed E-state index contributed by atoms with van der Waals surface area (Å²) in [6, 6.07) is 58.4. The Morgan fingerprint density at radius 3 is 1.53 bits per heavy atom. The van der Waals surface area contributed by atoms with Crippen molar-refractivity contribution in [3.8, 4) is 33.4 Å². The third-order valence-corrected chi connectivity index (χ3v) is 10.7. The van der Waals surface area contributed by atoms with Gasteiger partial charge in [-0.15, -0.1) is 0 Å². The predicted molar refractivity (Wildman–Crippen MR) is 194 cm³/mol. The molecule has 0 fully saturated rings. The molecule has 0 aliphatic carbocycles. The van der Waals surface area contributed by atoms with Crippen LogP contribution in [0.1, 0.15) is 0 Å². The first-order valence-electron chi connectivity index (χ1n) is 15.5. The summed E-state index contributed by atoms with van der Waals surface area (Å²) in [6.07, 6.45) is 0. The van der Waals surface area contributed by atoms with Gasteiger partial charge in [0.25, 0.3) is 0 Å². The van der Waals surface area contributed by atoms with Gasteiger partial charge in [-0.25, -0.2) is 0 Å². The summed E-state index contributed by atoms with van der Waals surface area (Å²) in [6.45, 7) is 0. The van der Waals surface area contributed by atoms with Crippen LogP contribution in [-0.2, 0) is 0 Å². The van der Waals surface area contributed by atoms with Crippen LogP contribution in [0.4, 0.5) is 0 Å². The summed E-state index contributed by atoms with van der Waals surface area (Å²) in [5.74, 6) is 0. The summed E-state index contributed by atoms with van der Waals surface area (Å²) in [5.41, 5.74) is 7.83. The molecular weight excluding hydrogens is 561 g/mol. The molecule has 0 bridgehead atoms. The van der Waals surface area contributed by atoms with Crippen LogP contribution < -0.4 is 0 Å². The first-order chi connectivity index (χ1) is 22.3. The molecule has 10 rings (SSSR count). The van der Waals surface area contributed by atoms with E-state index in [1.807, 2.05) is 11.8 Å². The average molecular weight is 587 g/mol. The van der Waals surface area contributed by atoms with E-state index in [0.717, 1.165) is 0 Å². The van der Waals surface area contributed by atoms with Crippen molar-refractivity contribution in [1.82, 2.24) is 0 Å². The zero-order valence-electron chi connectivity index (χ0n) is 24.4. The van der Waals surface area contributed by atoms with Crippen LogP contribution >= 0.6 is 11.8 Å². The maximum Gasteiger partial charge on any atom is 0.0213 e. The highest BCUT2D eigenvalue weighted by Crippen LogP contribution is 2.55. The fourth-order valence-corrected chi connectivity index (χ4v) is 9.02. The quantitative estimate of drug-likeness (QED) is 0.143. The molecule has 0 amide bonds. The minimum atomic E-state index is 1.25. The first kappa shape index (κ1) is 25.0. The van der Waals surface area contributed by atoms with Crippen LogP contribution in [0, 0.1) is 0 Å². The molecule has 9 aromatic rings. The third kappa shape index (κ3) is 3.56. The van der Waals surface area contributed by atoms with Crippen molar-refractivity contribution in [3.63, 3.8) is 0 Å². The molecule has 1 aliphatic heterocycles. The van der Waals surface area contributed by atoms with Crippen molar-refractivity contribution in [2.45, 2.75) is 9.79 Å². The Balaban J connectivity index is 1.35. The Kier molecular flexibility index (Phi) is 5.31. The molecule has 0 aromatic heterocycles. The lowest BCUT2D eigenvalue weighted by Crippen LogP contribution is -1.97. The smallest absolute Gasteiger partial charge is 0.0213 e. The van der Waals surface area contributed by atoms with Crippen LogP contribution in [-0.4, -0.2) is 0 Å². The second kappa shape index (κ2) is 9.56. The van der Waals surface area contributed by atoms with Gasteiger partial charge in [0.2, 0.25) is 0 Å². The number of fused-ring (bicyclic) bond motifs is 8. The van der Waals surface area contributed by atoms with E-state index in [9.17, 15) is 0 Å². The van der Waals surface area contributed by atoms with Gasteiger partial charge in [-0.1, -0.05) is 157 Å². The molecule has 0 spiro atoms. The van der Waals surface area contributed by atoms with E-state index in [4.69, 9.17) is 0 Å². The predicted octanol–water partition coefficient (Wildman–Crippen LogP) is 12.9.